The smallest absolute Gasteiger partial charge is 1.00 e. The summed E-state index contributed by atoms with van der Waals surface area (Å²) in [4.78, 5) is 3.51. The second kappa shape index (κ2) is 6.56. The van der Waals surface area contributed by atoms with Crippen molar-refractivity contribution in [3.8, 4) is 0 Å². The molecular formula is C14H11Cl2NZr. The van der Waals surface area contributed by atoms with Crippen LogP contribution in [-0.2, 0) is 23.2 Å². The molecule has 0 unspecified atom stereocenters. The second-order valence-corrected chi connectivity index (χ2v) is 7.12. The molecule has 0 amide bonds. The summed E-state index contributed by atoms with van der Waals surface area (Å²) in [6.45, 7) is 4.06. The van der Waals surface area contributed by atoms with Crippen LogP contribution in [-0.4, -0.2) is 4.98 Å². The van der Waals surface area contributed by atoms with Crippen molar-refractivity contribution in [3.63, 3.8) is 0 Å². The molecule has 18 heavy (non-hydrogen) atoms. The number of allylic oxidation sites excluding steroid dienone is 5. The Kier molecular flexibility index (Phi) is 5.65. The fourth-order valence-electron chi connectivity index (χ4n) is 1.87. The Labute approximate surface area is 130 Å². The summed E-state index contributed by atoms with van der Waals surface area (Å²) in [5, 5.41) is 1.32. The molecule has 1 aromatic heterocycles. The van der Waals surface area contributed by atoms with Gasteiger partial charge in [0, 0.05) is 0 Å². The number of para-hydroxylation sites is 1. The second-order valence-electron chi connectivity index (χ2n) is 3.86. The van der Waals surface area contributed by atoms with Crippen LogP contribution in [0.1, 0.15) is 0 Å². The molecule has 1 aromatic carbocycles. The van der Waals surface area contributed by atoms with Gasteiger partial charge in [0.15, 0.2) is 0 Å². The zero-order valence-electron chi connectivity index (χ0n) is 9.58. The number of halogens is 2. The van der Waals surface area contributed by atoms with Crippen molar-refractivity contribution < 1.29 is 48.0 Å². The molecule has 0 aliphatic heterocycles. The number of hydrogen-bond donors (Lipinski definition) is 1. The maximum absolute atomic E-state index is 4.06. The van der Waals surface area contributed by atoms with Gasteiger partial charge in [0.2, 0.25) is 0 Å². The first-order valence-corrected chi connectivity index (χ1v) is 7.71. The van der Waals surface area contributed by atoms with Crippen LogP contribution in [0.3, 0.4) is 0 Å². The van der Waals surface area contributed by atoms with E-state index in [2.05, 4.69) is 60.1 Å². The topological polar surface area (TPSA) is 15.8 Å². The van der Waals surface area contributed by atoms with E-state index in [1.54, 1.807) is 0 Å². The van der Waals surface area contributed by atoms with Gasteiger partial charge in [-0.2, -0.15) is 0 Å². The average Bonchev–Trinajstić information content (AvgIpc) is 2.85. The molecule has 1 N–H and O–H groups in total. The van der Waals surface area contributed by atoms with E-state index in [4.69, 9.17) is 0 Å². The van der Waals surface area contributed by atoms with E-state index in [0.717, 1.165) is 0 Å². The summed E-state index contributed by atoms with van der Waals surface area (Å²) < 4.78 is 2.89. The number of nitrogens with one attached hydrogen (secondary N) is 1. The molecule has 1 heterocycles. The van der Waals surface area contributed by atoms with E-state index in [0.29, 0.717) is 0 Å². The molecule has 90 valence electrons. The van der Waals surface area contributed by atoms with Gasteiger partial charge in [-0.05, 0) is 0 Å². The van der Waals surface area contributed by atoms with E-state index < -0.39 is 23.2 Å². The summed E-state index contributed by atoms with van der Waals surface area (Å²) in [6.07, 6.45) is 6.40. The summed E-state index contributed by atoms with van der Waals surface area (Å²) in [5.74, 6) is 0. The number of H-pyrrole nitrogens is 1. The van der Waals surface area contributed by atoms with Gasteiger partial charge < -0.3 is 24.8 Å². The van der Waals surface area contributed by atoms with Gasteiger partial charge in [0.1, 0.15) is 0 Å². The Balaban J connectivity index is 0.000000810. The van der Waals surface area contributed by atoms with Crippen molar-refractivity contribution in [3.05, 3.63) is 64.0 Å². The van der Waals surface area contributed by atoms with Crippen LogP contribution >= 0.6 is 0 Å². The Morgan fingerprint density at radius 3 is 2.56 bits per heavy atom. The van der Waals surface area contributed by atoms with Gasteiger partial charge in [-0.3, -0.25) is 0 Å². The third-order valence-corrected chi connectivity index (χ3v) is 5.89. The Bertz CT molecular complexity index is 593. The van der Waals surface area contributed by atoms with E-state index in [-0.39, 0.29) is 24.8 Å². The minimum atomic E-state index is -0.696. The van der Waals surface area contributed by atoms with Crippen molar-refractivity contribution >= 4 is 14.3 Å². The van der Waals surface area contributed by atoms with Gasteiger partial charge in [-0.15, -0.1) is 0 Å². The fraction of sp³-hybridized carbons (Fsp3) is 0. The summed E-state index contributed by atoms with van der Waals surface area (Å²) >= 11 is -0.696. The first-order chi connectivity index (χ1) is 7.83. The Hall–Kier alpha value is -0.557. The van der Waals surface area contributed by atoms with Gasteiger partial charge in [-0.1, -0.05) is 0 Å². The molecule has 1 nitrogen and oxygen atoms in total. The third-order valence-electron chi connectivity index (χ3n) is 2.71. The predicted molar refractivity (Wildman–Crippen MR) is 64.3 cm³/mol. The van der Waals surface area contributed by atoms with Crippen LogP contribution in [0.5, 0.6) is 0 Å². The van der Waals surface area contributed by atoms with Gasteiger partial charge in [-0.25, -0.2) is 0 Å². The summed E-state index contributed by atoms with van der Waals surface area (Å²) in [6, 6.07) is 10.7. The molecule has 0 saturated heterocycles. The molecule has 1 aliphatic rings. The summed E-state index contributed by atoms with van der Waals surface area (Å²) in [7, 11) is 0. The molecule has 3 rings (SSSR count). The maximum atomic E-state index is 4.06. The molecule has 0 fully saturated rings. The number of hydrogen-bond acceptors (Lipinski definition) is 0. The number of aromatic amines is 1. The minimum Gasteiger partial charge on any atom is -1.00 e. The normalized spacial score (nSPS) is 12.7. The zero-order valence-corrected chi connectivity index (χ0v) is 13.6. The molecule has 4 heteroatoms. The van der Waals surface area contributed by atoms with Crippen molar-refractivity contribution in [1.82, 2.24) is 4.98 Å². The third kappa shape index (κ3) is 3.06. The Morgan fingerprint density at radius 1 is 1.11 bits per heavy atom. The SMILES string of the molecule is C=C1C=CC=[C]1[Zr+2][c]1cc2ccccc2[nH]1.[Cl-].[Cl-]. The first-order valence-electron chi connectivity index (χ1n) is 5.25. The van der Waals surface area contributed by atoms with Crippen molar-refractivity contribution in [1.29, 1.82) is 0 Å². The number of rotatable bonds is 2. The fourth-order valence-corrected chi connectivity index (χ4v) is 4.66. The first kappa shape index (κ1) is 15.5. The van der Waals surface area contributed by atoms with Crippen LogP contribution < -0.4 is 28.2 Å². The zero-order chi connectivity index (χ0) is 11.0. The number of benzene rings is 1. The van der Waals surface area contributed by atoms with E-state index in [9.17, 15) is 0 Å². The molecule has 0 atom stereocenters. The van der Waals surface area contributed by atoms with Crippen LogP contribution in [0.2, 0.25) is 0 Å². The quantitative estimate of drug-likeness (QED) is 0.587. The number of aromatic nitrogens is 1. The van der Waals surface area contributed by atoms with Gasteiger partial charge in [0.05, 0.1) is 0 Å². The maximum Gasteiger partial charge on any atom is -1.00 e. The monoisotopic (exact) mass is 353 g/mol. The molecular weight excluding hydrogens is 344 g/mol. The summed E-state index contributed by atoms with van der Waals surface area (Å²) in [5.41, 5.74) is 2.45. The molecule has 0 bridgehead atoms. The molecule has 0 saturated carbocycles. The van der Waals surface area contributed by atoms with E-state index >= 15 is 0 Å². The van der Waals surface area contributed by atoms with Crippen LogP contribution in [0, 0.1) is 0 Å². The molecule has 0 radical (unpaired) electrons. The van der Waals surface area contributed by atoms with Crippen molar-refractivity contribution in [2.24, 2.45) is 0 Å². The number of fused-ring (bicyclic) bond motifs is 1. The predicted octanol–water partition coefficient (Wildman–Crippen LogP) is -3.11. The van der Waals surface area contributed by atoms with Crippen LogP contribution in [0.15, 0.2) is 64.0 Å². The largest absolute Gasteiger partial charge is 1.00 e. The average molecular weight is 355 g/mol. The standard InChI is InChI=1S/C8H6N.C6H5.2ClH.Zr/c1-2-4-8-7(3-1)5-6-9-8;1-6-4-2-3-5-6;;;/h1-5,9H;2-4H,1H2;2*1H;/q;;;;+2/p-2. The molecule has 2 aromatic rings. The van der Waals surface area contributed by atoms with Crippen LogP contribution in [0.4, 0.5) is 0 Å². The minimum absolute atomic E-state index is 0. The van der Waals surface area contributed by atoms with Crippen LogP contribution in [0.25, 0.3) is 10.9 Å². The van der Waals surface area contributed by atoms with E-state index in [1.165, 1.54) is 23.2 Å². The van der Waals surface area contributed by atoms with Gasteiger partial charge >= 0.3 is 107 Å². The molecule has 0 spiro atoms. The van der Waals surface area contributed by atoms with Gasteiger partial charge in [0.25, 0.3) is 0 Å². The van der Waals surface area contributed by atoms with E-state index in [1.807, 2.05) is 0 Å². The molecule has 1 aliphatic carbocycles. The van der Waals surface area contributed by atoms with Crippen molar-refractivity contribution in [2.45, 2.75) is 0 Å². The Morgan fingerprint density at radius 2 is 1.89 bits per heavy atom. The van der Waals surface area contributed by atoms with Crippen molar-refractivity contribution in [2.75, 3.05) is 0 Å².